The van der Waals surface area contributed by atoms with Gasteiger partial charge in [-0.1, -0.05) is 0 Å². The molecular formula is C24H26F5N7O4. The van der Waals surface area contributed by atoms with Crippen LogP contribution in [-0.2, 0) is 11.3 Å². The summed E-state index contributed by atoms with van der Waals surface area (Å²) in [5.41, 5.74) is 2.93. The number of carboxylic acids is 1. The quantitative estimate of drug-likeness (QED) is 0.257. The fourth-order valence-corrected chi connectivity index (χ4v) is 3.67. The Kier molecular flexibility index (Phi) is 9.57. The van der Waals surface area contributed by atoms with Crippen LogP contribution < -0.4 is 10.1 Å². The van der Waals surface area contributed by atoms with E-state index < -0.39 is 18.8 Å². The molecular weight excluding hydrogens is 545 g/mol. The monoisotopic (exact) mass is 571 g/mol. The number of nitrogens with one attached hydrogen (secondary N) is 2. The van der Waals surface area contributed by atoms with Crippen molar-refractivity contribution < 1.29 is 41.4 Å². The van der Waals surface area contributed by atoms with E-state index >= 15 is 0 Å². The number of nitrogens with zero attached hydrogens (tertiary/aromatic N) is 5. The molecule has 0 bridgehead atoms. The smallest absolute Gasteiger partial charge is 0.475 e. The van der Waals surface area contributed by atoms with E-state index in [0.29, 0.717) is 46.6 Å². The van der Waals surface area contributed by atoms with Gasteiger partial charge >= 0.3 is 18.8 Å². The number of rotatable bonds is 9. The minimum absolute atomic E-state index is 0.0327. The molecule has 3 heterocycles. The molecule has 0 aliphatic carbocycles. The highest BCUT2D eigenvalue weighted by Gasteiger charge is 2.38. The van der Waals surface area contributed by atoms with Crippen LogP contribution >= 0.6 is 0 Å². The summed E-state index contributed by atoms with van der Waals surface area (Å²) in [6.45, 7) is 0.879. The van der Waals surface area contributed by atoms with Gasteiger partial charge in [-0.05, 0) is 52.2 Å². The minimum atomic E-state index is -5.08. The number of fused-ring (bicyclic) bond motifs is 2. The number of aromatic amines is 1. The van der Waals surface area contributed by atoms with Gasteiger partial charge in [-0.15, -0.1) is 0 Å². The number of benzene rings is 1. The van der Waals surface area contributed by atoms with Gasteiger partial charge in [-0.2, -0.15) is 27.1 Å². The molecule has 216 valence electrons. The maximum atomic E-state index is 12.8. The number of carbonyl (C=O) groups is 2. The van der Waals surface area contributed by atoms with Crippen LogP contribution in [-0.4, -0.2) is 86.6 Å². The first-order valence-electron chi connectivity index (χ1n) is 11.8. The van der Waals surface area contributed by atoms with Crippen molar-refractivity contribution >= 4 is 33.9 Å². The number of aliphatic carboxylic acids is 1. The number of H-pyrrole nitrogens is 1. The van der Waals surface area contributed by atoms with Crippen molar-refractivity contribution in [2.24, 2.45) is 0 Å². The number of carbonyl (C=O) groups excluding carboxylic acids is 1. The number of aryl methyl sites for hydroxylation is 1. The fraction of sp³-hybridized carbons (Fsp3) is 0.375. The molecule has 0 aliphatic heterocycles. The van der Waals surface area contributed by atoms with Crippen LogP contribution in [0.2, 0.25) is 0 Å². The van der Waals surface area contributed by atoms with Gasteiger partial charge in [0.2, 0.25) is 0 Å². The summed E-state index contributed by atoms with van der Waals surface area (Å²) in [5, 5.41) is 15.2. The van der Waals surface area contributed by atoms with E-state index in [2.05, 4.69) is 29.9 Å². The van der Waals surface area contributed by atoms with Crippen molar-refractivity contribution in [2.75, 3.05) is 27.2 Å². The third-order valence-corrected chi connectivity index (χ3v) is 5.37. The Morgan fingerprint density at radius 2 is 1.95 bits per heavy atom. The first kappa shape index (κ1) is 30.2. The summed E-state index contributed by atoms with van der Waals surface area (Å²) in [7, 11) is 3.99. The van der Waals surface area contributed by atoms with Crippen molar-refractivity contribution in [1.29, 1.82) is 0 Å². The van der Waals surface area contributed by atoms with Crippen LogP contribution in [0.3, 0.4) is 0 Å². The topological polar surface area (TPSA) is 138 Å². The first-order chi connectivity index (χ1) is 18.8. The Labute approximate surface area is 223 Å². The molecule has 0 saturated heterocycles. The number of hydrogen-bond donors (Lipinski definition) is 3. The minimum Gasteiger partial charge on any atom is -0.475 e. The van der Waals surface area contributed by atoms with Crippen LogP contribution in [0.5, 0.6) is 5.75 Å². The van der Waals surface area contributed by atoms with Crippen molar-refractivity contribution in [3.8, 4) is 17.1 Å². The maximum Gasteiger partial charge on any atom is 0.490 e. The fourth-order valence-electron chi connectivity index (χ4n) is 3.67. The number of aromatic nitrogens is 5. The SMILES string of the molecule is CCNC(=O)c1c[nH]c2ncc(-c3nn(CCCN(C)C)c4ccc(OC(F)F)cc34)nc12.O=C(O)C(F)(F)F. The third-order valence-electron chi connectivity index (χ3n) is 5.37. The second-order valence-electron chi connectivity index (χ2n) is 8.60. The molecule has 0 atom stereocenters. The Morgan fingerprint density at radius 1 is 1.25 bits per heavy atom. The molecule has 0 aliphatic rings. The largest absolute Gasteiger partial charge is 0.490 e. The van der Waals surface area contributed by atoms with Crippen LogP contribution in [0.15, 0.2) is 30.6 Å². The normalized spacial score (nSPS) is 11.7. The standard InChI is InChI=1S/C22H25F2N7O2.C2HF3O2/c1-4-25-21(32)15-11-26-20-19(15)28-16(12-27-20)18-14-10-13(33-22(23)24)6-7-17(14)31(29-18)9-5-8-30(2)3;3-2(4,5)1(6)7/h6-7,10-12,22H,4-5,8-9H2,1-3H3,(H,25,32)(H,26,27);(H,6,7). The van der Waals surface area contributed by atoms with E-state index in [9.17, 15) is 26.7 Å². The van der Waals surface area contributed by atoms with Gasteiger partial charge in [-0.25, -0.2) is 14.8 Å². The summed E-state index contributed by atoms with van der Waals surface area (Å²) in [4.78, 5) is 35.4. The van der Waals surface area contributed by atoms with Crippen molar-refractivity contribution in [3.05, 3.63) is 36.2 Å². The molecule has 11 nitrogen and oxygen atoms in total. The van der Waals surface area contributed by atoms with Gasteiger partial charge in [0.15, 0.2) is 5.65 Å². The summed E-state index contributed by atoms with van der Waals surface area (Å²) >= 11 is 0. The Morgan fingerprint density at radius 3 is 2.55 bits per heavy atom. The average Bonchev–Trinajstić information content (AvgIpc) is 3.44. The van der Waals surface area contributed by atoms with Crippen LogP contribution in [0.4, 0.5) is 22.0 Å². The van der Waals surface area contributed by atoms with E-state index in [0.717, 1.165) is 18.5 Å². The van der Waals surface area contributed by atoms with E-state index in [4.69, 9.17) is 15.0 Å². The second kappa shape index (κ2) is 12.7. The molecule has 0 unspecified atom stereocenters. The molecule has 3 aromatic heterocycles. The third kappa shape index (κ3) is 7.40. The van der Waals surface area contributed by atoms with Crippen LogP contribution in [0.25, 0.3) is 33.5 Å². The number of hydrogen-bond acceptors (Lipinski definition) is 7. The van der Waals surface area contributed by atoms with Gasteiger partial charge < -0.3 is 25.0 Å². The highest BCUT2D eigenvalue weighted by atomic mass is 19.4. The van der Waals surface area contributed by atoms with Crippen molar-refractivity contribution in [1.82, 2.24) is 34.9 Å². The predicted molar refractivity (Wildman–Crippen MR) is 134 cm³/mol. The molecule has 0 spiro atoms. The number of ether oxygens (including phenoxy) is 1. The van der Waals surface area contributed by atoms with Crippen molar-refractivity contribution in [2.45, 2.75) is 32.7 Å². The highest BCUT2D eigenvalue weighted by Crippen LogP contribution is 2.31. The number of amides is 1. The number of carboxylic acid groups (broad SMARTS) is 1. The number of alkyl halides is 5. The average molecular weight is 572 g/mol. The van der Waals surface area contributed by atoms with Gasteiger partial charge in [0.1, 0.15) is 22.7 Å². The van der Waals surface area contributed by atoms with Gasteiger partial charge in [0.05, 0.1) is 17.3 Å². The first-order valence-corrected chi connectivity index (χ1v) is 11.8. The van der Waals surface area contributed by atoms with E-state index in [1.807, 2.05) is 25.7 Å². The molecule has 1 aromatic carbocycles. The lowest BCUT2D eigenvalue weighted by Gasteiger charge is -2.09. The lowest BCUT2D eigenvalue weighted by molar-refractivity contribution is -0.192. The Balaban J connectivity index is 0.000000559. The summed E-state index contributed by atoms with van der Waals surface area (Å²) in [6.07, 6.45) is -1.12. The highest BCUT2D eigenvalue weighted by molar-refractivity contribution is 6.05. The van der Waals surface area contributed by atoms with E-state index in [1.54, 1.807) is 18.5 Å². The van der Waals surface area contributed by atoms with E-state index in [-0.39, 0.29) is 11.7 Å². The van der Waals surface area contributed by atoms with Crippen molar-refractivity contribution in [3.63, 3.8) is 0 Å². The maximum absolute atomic E-state index is 12.8. The zero-order chi connectivity index (χ0) is 29.6. The molecule has 4 rings (SSSR count). The zero-order valence-electron chi connectivity index (χ0n) is 21.6. The Bertz CT molecular complexity index is 1480. The summed E-state index contributed by atoms with van der Waals surface area (Å²) < 4.78 is 63.8. The molecule has 4 aromatic rings. The molecule has 16 heteroatoms. The second-order valence-corrected chi connectivity index (χ2v) is 8.60. The molecule has 1 amide bonds. The molecule has 0 radical (unpaired) electrons. The molecule has 3 N–H and O–H groups in total. The molecule has 40 heavy (non-hydrogen) atoms. The predicted octanol–water partition coefficient (Wildman–Crippen LogP) is 3.91. The van der Waals surface area contributed by atoms with Crippen LogP contribution in [0.1, 0.15) is 23.7 Å². The summed E-state index contributed by atoms with van der Waals surface area (Å²) in [5.74, 6) is -2.99. The lowest BCUT2D eigenvalue weighted by Crippen LogP contribution is -2.22. The zero-order valence-corrected chi connectivity index (χ0v) is 21.6. The molecule has 0 fully saturated rings. The van der Waals surface area contributed by atoms with Crippen LogP contribution in [0, 0.1) is 0 Å². The summed E-state index contributed by atoms with van der Waals surface area (Å²) in [6, 6.07) is 4.73. The number of halogens is 5. The lowest BCUT2D eigenvalue weighted by atomic mass is 10.1. The van der Waals surface area contributed by atoms with E-state index in [1.165, 1.54) is 12.1 Å². The van der Waals surface area contributed by atoms with Gasteiger partial charge in [0.25, 0.3) is 5.91 Å². The molecule has 0 saturated carbocycles. The Hall–Kier alpha value is -4.34. The van der Waals surface area contributed by atoms with Gasteiger partial charge in [-0.3, -0.25) is 9.48 Å². The van der Waals surface area contributed by atoms with Gasteiger partial charge in [0, 0.05) is 24.7 Å².